The Hall–Kier alpha value is -4.96. The van der Waals surface area contributed by atoms with E-state index in [0.717, 1.165) is 62.9 Å². The van der Waals surface area contributed by atoms with Crippen LogP contribution in [0.4, 0.5) is 20.4 Å². The molecule has 0 bridgehead atoms. The van der Waals surface area contributed by atoms with Crippen molar-refractivity contribution in [2.75, 3.05) is 43.1 Å². The number of aromatic nitrogens is 6. The zero-order chi connectivity index (χ0) is 38.9. The van der Waals surface area contributed by atoms with Gasteiger partial charge in [-0.2, -0.15) is 13.8 Å². The number of anilines is 2. The standard InChI is InChI=1S/C23H25ClFN5O2.C15H17ClFN5O/c1-31-18-7-5-15(6-8-18)14-32-23-20(24)22(30-11-3-2-4-17(26)13-30)28-21(29-23)16-9-10-27-19(25)12-16;16-12-14(22-6-2-1-3-10(18)8-22)20-13(21-15(12)23)9-4-5-19-11(17)7-9/h5-10,12,17H,2-4,11,13-14,26H2,1H3;4-5,7,10H,1-3,6,8,18H2,(H,20,21,23)/t17-;10-/m11/s1. The third-order valence-corrected chi connectivity index (χ3v) is 9.85. The molecule has 17 heteroatoms. The summed E-state index contributed by atoms with van der Waals surface area (Å²) in [5.74, 6) is 1.24. The number of benzene rings is 1. The van der Waals surface area contributed by atoms with Crippen LogP contribution in [0, 0.1) is 11.9 Å². The van der Waals surface area contributed by atoms with Gasteiger partial charge in [0.15, 0.2) is 17.5 Å². The molecule has 0 amide bonds. The highest BCUT2D eigenvalue weighted by atomic mass is 35.5. The Morgan fingerprint density at radius 2 is 1.38 bits per heavy atom. The number of H-pyrrole nitrogens is 1. The van der Waals surface area contributed by atoms with Crippen molar-refractivity contribution in [3.8, 4) is 34.4 Å². The molecule has 55 heavy (non-hydrogen) atoms. The van der Waals surface area contributed by atoms with Gasteiger partial charge in [-0.05, 0) is 55.5 Å². The fourth-order valence-corrected chi connectivity index (χ4v) is 6.81. The van der Waals surface area contributed by atoms with Gasteiger partial charge in [-0.15, -0.1) is 0 Å². The summed E-state index contributed by atoms with van der Waals surface area (Å²) in [7, 11) is 1.62. The molecular weight excluding hydrogens is 753 g/mol. The molecule has 7 rings (SSSR count). The third-order valence-electron chi connectivity index (χ3n) is 9.18. The molecule has 290 valence electrons. The molecule has 0 saturated carbocycles. The van der Waals surface area contributed by atoms with E-state index in [9.17, 15) is 13.6 Å². The van der Waals surface area contributed by atoms with E-state index in [1.54, 1.807) is 19.2 Å². The minimum absolute atomic E-state index is 0.0106. The highest BCUT2D eigenvalue weighted by Crippen LogP contribution is 2.36. The minimum atomic E-state index is -0.640. The predicted molar refractivity (Wildman–Crippen MR) is 209 cm³/mol. The van der Waals surface area contributed by atoms with E-state index in [0.29, 0.717) is 46.7 Å². The molecule has 2 fully saturated rings. The number of methoxy groups -OCH3 is 1. The largest absolute Gasteiger partial charge is 0.497 e. The molecule has 0 spiro atoms. The highest BCUT2D eigenvalue weighted by molar-refractivity contribution is 6.34. The summed E-state index contributed by atoms with van der Waals surface area (Å²) in [5, 5.41) is 0.336. The molecule has 2 aliphatic heterocycles. The van der Waals surface area contributed by atoms with Crippen LogP contribution in [-0.2, 0) is 6.61 Å². The number of aromatic amines is 1. The van der Waals surface area contributed by atoms with Crippen molar-refractivity contribution in [2.45, 2.75) is 57.2 Å². The highest BCUT2D eigenvalue weighted by Gasteiger charge is 2.24. The first-order valence-corrected chi connectivity index (χ1v) is 18.7. The molecule has 2 saturated heterocycles. The van der Waals surface area contributed by atoms with Gasteiger partial charge in [0, 0.05) is 73.9 Å². The molecule has 13 nitrogen and oxygen atoms in total. The number of nitrogens with zero attached hydrogens (tertiary/aromatic N) is 7. The van der Waals surface area contributed by atoms with Gasteiger partial charge in [0.25, 0.3) is 5.56 Å². The second kappa shape index (κ2) is 18.6. The summed E-state index contributed by atoms with van der Waals surface area (Å²) in [4.78, 5) is 39.4. The van der Waals surface area contributed by atoms with Gasteiger partial charge in [0.1, 0.15) is 28.2 Å². The summed E-state index contributed by atoms with van der Waals surface area (Å²) >= 11 is 12.9. The second-order valence-electron chi connectivity index (χ2n) is 13.3. The molecule has 0 radical (unpaired) electrons. The van der Waals surface area contributed by atoms with E-state index in [-0.39, 0.29) is 35.4 Å². The smallest absolute Gasteiger partial charge is 0.272 e. The minimum Gasteiger partial charge on any atom is -0.497 e. The Morgan fingerprint density at radius 1 is 0.800 bits per heavy atom. The number of rotatable bonds is 8. The third kappa shape index (κ3) is 10.4. The van der Waals surface area contributed by atoms with Crippen molar-refractivity contribution in [1.29, 1.82) is 0 Å². The lowest BCUT2D eigenvalue weighted by Gasteiger charge is -2.25. The van der Waals surface area contributed by atoms with Gasteiger partial charge in [0.2, 0.25) is 17.8 Å². The molecule has 6 heterocycles. The summed E-state index contributed by atoms with van der Waals surface area (Å²) in [5.41, 5.74) is 13.7. The number of hydrogen-bond donors (Lipinski definition) is 3. The lowest BCUT2D eigenvalue weighted by atomic mass is 10.2. The first kappa shape index (κ1) is 39.7. The number of nitrogens with two attached hydrogens (primary N) is 2. The number of ether oxygens (including phenoxy) is 2. The molecule has 4 aromatic heterocycles. The molecule has 1 aromatic carbocycles. The maximum Gasteiger partial charge on any atom is 0.272 e. The second-order valence-corrected chi connectivity index (χ2v) is 14.1. The zero-order valence-electron chi connectivity index (χ0n) is 30.2. The maximum atomic E-state index is 13.8. The van der Waals surface area contributed by atoms with Crippen LogP contribution in [0.2, 0.25) is 10.0 Å². The fraction of sp³-hybridized carbons (Fsp3) is 0.368. The summed E-state index contributed by atoms with van der Waals surface area (Å²) < 4.78 is 38.3. The fourth-order valence-electron chi connectivity index (χ4n) is 6.34. The van der Waals surface area contributed by atoms with Crippen molar-refractivity contribution in [3.05, 3.63) is 98.8 Å². The van der Waals surface area contributed by atoms with Gasteiger partial charge < -0.3 is 35.7 Å². The molecule has 2 aliphatic rings. The summed E-state index contributed by atoms with van der Waals surface area (Å²) in [6.45, 7) is 2.96. The van der Waals surface area contributed by atoms with Crippen LogP contribution in [0.25, 0.3) is 22.8 Å². The Labute approximate surface area is 327 Å². The van der Waals surface area contributed by atoms with E-state index >= 15 is 0 Å². The normalized spacial score (nSPS) is 17.4. The average Bonchev–Trinajstić information content (AvgIpc) is 3.54. The number of nitrogens with one attached hydrogen (secondary N) is 1. The van der Waals surface area contributed by atoms with Crippen LogP contribution in [0.1, 0.15) is 44.1 Å². The first-order valence-electron chi connectivity index (χ1n) is 18.0. The average molecular weight is 796 g/mol. The molecule has 0 unspecified atom stereocenters. The summed E-state index contributed by atoms with van der Waals surface area (Å²) in [6.07, 6.45) is 8.59. The van der Waals surface area contributed by atoms with Crippen molar-refractivity contribution in [1.82, 2.24) is 29.9 Å². The van der Waals surface area contributed by atoms with Crippen LogP contribution in [0.5, 0.6) is 11.6 Å². The number of pyridine rings is 2. The van der Waals surface area contributed by atoms with E-state index in [1.807, 2.05) is 29.2 Å². The van der Waals surface area contributed by atoms with Gasteiger partial charge in [-0.25, -0.2) is 19.9 Å². The number of halogens is 4. The van der Waals surface area contributed by atoms with Crippen molar-refractivity contribution in [2.24, 2.45) is 11.5 Å². The Kier molecular flexibility index (Phi) is 13.4. The molecule has 0 aliphatic carbocycles. The predicted octanol–water partition coefficient (Wildman–Crippen LogP) is 6.18. The van der Waals surface area contributed by atoms with Crippen molar-refractivity contribution < 1.29 is 18.3 Å². The Balaban J connectivity index is 0.000000197. The van der Waals surface area contributed by atoms with Crippen LogP contribution in [0.3, 0.4) is 0 Å². The van der Waals surface area contributed by atoms with Gasteiger partial charge in [0.05, 0.1) is 7.11 Å². The number of hydrogen-bond acceptors (Lipinski definition) is 12. The van der Waals surface area contributed by atoms with Crippen LogP contribution in [-0.4, -0.2) is 75.3 Å². The molecule has 2 atom stereocenters. The van der Waals surface area contributed by atoms with Gasteiger partial charge in [-0.3, -0.25) is 4.79 Å². The van der Waals surface area contributed by atoms with E-state index < -0.39 is 17.5 Å². The monoisotopic (exact) mass is 794 g/mol. The Bertz CT molecular complexity index is 2130. The molecule has 5 N–H and O–H groups in total. The lowest BCUT2D eigenvalue weighted by molar-refractivity contribution is 0.293. The topological polar surface area (TPSA) is 174 Å². The zero-order valence-corrected chi connectivity index (χ0v) is 31.7. The van der Waals surface area contributed by atoms with Gasteiger partial charge in [-0.1, -0.05) is 48.2 Å². The quantitative estimate of drug-likeness (QED) is 0.153. The van der Waals surface area contributed by atoms with Crippen LogP contribution < -0.4 is 36.3 Å². The first-order chi connectivity index (χ1) is 26.6. The van der Waals surface area contributed by atoms with Crippen molar-refractivity contribution >= 4 is 34.8 Å². The maximum absolute atomic E-state index is 13.8. The molecule has 5 aromatic rings. The van der Waals surface area contributed by atoms with Crippen molar-refractivity contribution in [3.63, 3.8) is 0 Å². The lowest BCUT2D eigenvalue weighted by Crippen LogP contribution is -2.37. The molecular formula is C38H42Cl2F2N10O3. The SMILES string of the molecule is COc1ccc(COc2nc(-c3ccnc(F)c3)nc(N3CCCC[C@@H](N)C3)c2Cl)cc1.N[C@@H]1CCCCN(c2nc(-c3ccnc(F)c3)[nH]c(=O)c2Cl)C1. The van der Waals surface area contributed by atoms with E-state index in [4.69, 9.17) is 44.1 Å². The summed E-state index contributed by atoms with van der Waals surface area (Å²) in [6, 6.07) is 13.3. The van der Waals surface area contributed by atoms with Crippen LogP contribution >= 0.6 is 23.2 Å². The van der Waals surface area contributed by atoms with E-state index in [1.165, 1.54) is 24.5 Å². The van der Waals surface area contributed by atoms with Crippen LogP contribution in [0.15, 0.2) is 65.7 Å². The van der Waals surface area contributed by atoms with Gasteiger partial charge >= 0.3 is 0 Å². The van der Waals surface area contributed by atoms with E-state index in [2.05, 4.69) is 34.8 Å². The Morgan fingerprint density at radius 3 is 1.98 bits per heavy atom.